The predicted octanol–water partition coefficient (Wildman–Crippen LogP) is 1.68. The molecular formula is C12H18N2O5. The number of nitrogens with one attached hydrogen (secondary N) is 1. The number of para-hydroxylation sites is 1. The molecule has 0 aromatic heterocycles. The number of hydrogen-bond donors (Lipinski definition) is 1. The van der Waals surface area contributed by atoms with Gasteiger partial charge in [-0.3, -0.25) is 10.1 Å². The van der Waals surface area contributed by atoms with E-state index in [1.54, 1.807) is 32.4 Å². The number of nitrogens with zero attached hydrogens (tertiary/aromatic N) is 1. The zero-order chi connectivity index (χ0) is 14.1. The van der Waals surface area contributed by atoms with E-state index in [0.717, 1.165) is 0 Å². The maximum absolute atomic E-state index is 11.0. The second kappa shape index (κ2) is 8.28. The number of rotatable bonds is 9. The van der Waals surface area contributed by atoms with Gasteiger partial charge in [-0.2, -0.15) is 0 Å². The SMILES string of the molecule is CNc1cccc(OCCOCCOC)c1[N+](=O)[O-]. The molecule has 0 heterocycles. The van der Waals surface area contributed by atoms with E-state index in [4.69, 9.17) is 14.2 Å². The lowest BCUT2D eigenvalue weighted by Gasteiger charge is -2.09. The highest BCUT2D eigenvalue weighted by molar-refractivity contribution is 5.68. The fourth-order valence-electron chi connectivity index (χ4n) is 1.48. The maximum atomic E-state index is 11.0. The second-order valence-corrected chi connectivity index (χ2v) is 3.61. The molecular weight excluding hydrogens is 252 g/mol. The van der Waals surface area contributed by atoms with E-state index >= 15 is 0 Å². The molecule has 0 fully saturated rings. The van der Waals surface area contributed by atoms with E-state index in [1.165, 1.54) is 0 Å². The van der Waals surface area contributed by atoms with Gasteiger partial charge in [-0.05, 0) is 12.1 Å². The highest BCUT2D eigenvalue weighted by Gasteiger charge is 2.19. The summed E-state index contributed by atoms with van der Waals surface area (Å²) < 4.78 is 15.4. The molecule has 0 aliphatic heterocycles. The van der Waals surface area contributed by atoms with Crippen LogP contribution in [0.15, 0.2) is 18.2 Å². The molecule has 7 heteroatoms. The van der Waals surface area contributed by atoms with E-state index in [1.807, 2.05) is 0 Å². The molecule has 0 bridgehead atoms. The van der Waals surface area contributed by atoms with Crippen LogP contribution < -0.4 is 10.1 Å². The van der Waals surface area contributed by atoms with Crippen LogP contribution in [0.5, 0.6) is 5.75 Å². The number of anilines is 1. The lowest BCUT2D eigenvalue weighted by Crippen LogP contribution is -2.11. The summed E-state index contributed by atoms with van der Waals surface area (Å²) in [5.74, 6) is 0.229. The first kappa shape index (κ1) is 15.2. The summed E-state index contributed by atoms with van der Waals surface area (Å²) in [5, 5.41) is 13.8. The van der Waals surface area contributed by atoms with Gasteiger partial charge in [0, 0.05) is 14.2 Å². The molecule has 1 rings (SSSR count). The number of benzene rings is 1. The van der Waals surface area contributed by atoms with Crippen LogP contribution in [0.25, 0.3) is 0 Å². The minimum absolute atomic E-state index is 0.0677. The van der Waals surface area contributed by atoms with Crippen molar-refractivity contribution >= 4 is 11.4 Å². The van der Waals surface area contributed by atoms with Crippen LogP contribution in [-0.4, -0.2) is 45.5 Å². The molecule has 7 nitrogen and oxygen atoms in total. The highest BCUT2D eigenvalue weighted by atomic mass is 16.6. The third-order valence-corrected chi connectivity index (χ3v) is 2.37. The lowest BCUT2D eigenvalue weighted by molar-refractivity contribution is -0.385. The van der Waals surface area contributed by atoms with Crippen molar-refractivity contribution in [3.05, 3.63) is 28.3 Å². The molecule has 0 radical (unpaired) electrons. The molecule has 19 heavy (non-hydrogen) atoms. The number of ether oxygens (including phenoxy) is 3. The van der Waals surface area contributed by atoms with Gasteiger partial charge in [-0.1, -0.05) is 6.07 Å². The molecule has 0 saturated carbocycles. The molecule has 0 amide bonds. The highest BCUT2D eigenvalue weighted by Crippen LogP contribution is 2.34. The summed E-state index contributed by atoms with van der Waals surface area (Å²) in [7, 11) is 3.21. The van der Waals surface area contributed by atoms with E-state index in [9.17, 15) is 10.1 Å². The Balaban J connectivity index is 2.55. The van der Waals surface area contributed by atoms with Gasteiger partial charge in [0.05, 0.1) is 24.7 Å². The second-order valence-electron chi connectivity index (χ2n) is 3.61. The quantitative estimate of drug-likeness (QED) is 0.417. The third-order valence-electron chi connectivity index (χ3n) is 2.37. The van der Waals surface area contributed by atoms with Crippen molar-refractivity contribution in [1.29, 1.82) is 0 Å². The molecule has 1 N–H and O–H groups in total. The Bertz CT molecular complexity index is 411. The largest absolute Gasteiger partial charge is 0.484 e. The summed E-state index contributed by atoms with van der Waals surface area (Å²) in [6.07, 6.45) is 0. The molecule has 0 saturated heterocycles. The fourth-order valence-corrected chi connectivity index (χ4v) is 1.48. The first-order chi connectivity index (χ1) is 9.20. The maximum Gasteiger partial charge on any atom is 0.333 e. The van der Waals surface area contributed by atoms with Crippen molar-refractivity contribution in [3.63, 3.8) is 0 Å². The Morgan fingerprint density at radius 1 is 1.26 bits per heavy atom. The van der Waals surface area contributed by atoms with E-state index in [2.05, 4.69) is 5.32 Å². The minimum Gasteiger partial charge on any atom is -0.484 e. The normalized spacial score (nSPS) is 10.2. The van der Waals surface area contributed by atoms with Crippen molar-refractivity contribution < 1.29 is 19.1 Å². The summed E-state index contributed by atoms with van der Waals surface area (Å²) in [5.41, 5.74) is 0.352. The van der Waals surface area contributed by atoms with Crippen LogP contribution in [0, 0.1) is 10.1 Å². The van der Waals surface area contributed by atoms with Gasteiger partial charge in [0.1, 0.15) is 12.3 Å². The summed E-state index contributed by atoms with van der Waals surface area (Å²) >= 11 is 0. The number of nitro groups is 1. The van der Waals surface area contributed by atoms with Gasteiger partial charge >= 0.3 is 5.69 Å². The van der Waals surface area contributed by atoms with Crippen molar-refractivity contribution in [2.75, 3.05) is 45.9 Å². The molecule has 0 aliphatic rings. The average molecular weight is 270 g/mol. The third kappa shape index (κ3) is 4.72. The van der Waals surface area contributed by atoms with E-state index < -0.39 is 4.92 Å². The Morgan fingerprint density at radius 3 is 2.63 bits per heavy atom. The van der Waals surface area contributed by atoms with Crippen LogP contribution in [0.2, 0.25) is 0 Å². The molecule has 0 aliphatic carbocycles. The van der Waals surface area contributed by atoms with Crippen LogP contribution in [0.1, 0.15) is 0 Å². The standard InChI is InChI=1S/C12H18N2O5/c1-13-10-4-3-5-11(12(10)14(15)16)19-9-8-18-7-6-17-2/h3-5,13H,6-9H2,1-2H3. The number of methoxy groups -OCH3 is 1. The first-order valence-electron chi connectivity index (χ1n) is 5.85. The summed E-state index contributed by atoms with van der Waals surface area (Å²) in [4.78, 5) is 10.5. The predicted molar refractivity (Wildman–Crippen MR) is 70.8 cm³/mol. The monoisotopic (exact) mass is 270 g/mol. The molecule has 0 unspecified atom stereocenters. The van der Waals surface area contributed by atoms with Gasteiger partial charge in [-0.15, -0.1) is 0 Å². The van der Waals surface area contributed by atoms with Gasteiger partial charge in [-0.25, -0.2) is 0 Å². The fraction of sp³-hybridized carbons (Fsp3) is 0.500. The average Bonchev–Trinajstić information content (AvgIpc) is 2.42. The smallest absolute Gasteiger partial charge is 0.333 e. The zero-order valence-corrected chi connectivity index (χ0v) is 11.0. The molecule has 0 atom stereocenters. The van der Waals surface area contributed by atoms with Gasteiger partial charge in [0.2, 0.25) is 0 Å². The van der Waals surface area contributed by atoms with E-state index in [0.29, 0.717) is 25.5 Å². The molecule has 106 valence electrons. The lowest BCUT2D eigenvalue weighted by atomic mass is 10.2. The Hall–Kier alpha value is -1.86. The van der Waals surface area contributed by atoms with Crippen molar-refractivity contribution in [1.82, 2.24) is 0 Å². The molecule has 0 spiro atoms. The van der Waals surface area contributed by atoms with E-state index in [-0.39, 0.29) is 18.0 Å². The summed E-state index contributed by atoms with van der Waals surface area (Å²) in [6.45, 7) is 1.58. The van der Waals surface area contributed by atoms with Crippen LogP contribution >= 0.6 is 0 Å². The topological polar surface area (TPSA) is 82.9 Å². The van der Waals surface area contributed by atoms with Crippen LogP contribution in [0.4, 0.5) is 11.4 Å². The first-order valence-corrected chi connectivity index (χ1v) is 5.85. The molecule has 1 aromatic carbocycles. The van der Waals surface area contributed by atoms with Crippen molar-refractivity contribution in [2.45, 2.75) is 0 Å². The Labute approximate surface area is 111 Å². The number of nitro benzene ring substituents is 1. The van der Waals surface area contributed by atoms with Gasteiger partial charge in [0.15, 0.2) is 5.75 Å². The number of hydrogen-bond acceptors (Lipinski definition) is 6. The molecule has 1 aromatic rings. The van der Waals surface area contributed by atoms with Gasteiger partial charge in [0.25, 0.3) is 0 Å². The van der Waals surface area contributed by atoms with Crippen molar-refractivity contribution in [3.8, 4) is 5.75 Å². The van der Waals surface area contributed by atoms with Crippen molar-refractivity contribution in [2.24, 2.45) is 0 Å². The van der Waals surface area contributed by atoms with Gasteiger partial charge < -0.3 is 19.5 Å². The van der Waals surface area contributed by atoms with Crippen LogP contribution in [-0.2, 0) is 9.47 Å². The van der Waals surface area contributed by atoms with Crippen LogP contribution in [0.3, 0.4) is 0 Å². The minimum atomic E-state index is -0.465. The Kier molecular flexibility index (Phi) is 6.62. The summed E-state index contributed by atoms with van der Waals surface area (Å²) in [6, 6.07) is 4.88. The Morgan fingerprint density at radius 2 is 2.00 bits per heavy atom. The zero-order valence-electron chi connectivity index (χ0n) is 11.0.